The molecule has 0 bridgehead atoms. The Kier molecular flexibility index (Phi) is 5.21. The first-order valence-electron chi connectivity index (χ1n) is 8.03. The van der Waals surface area contributed by atoms with Gasteiger partial charge in [0.2, 0.25) is 0 Å². The van der Waals surface area contributed by atoms with E-state index in [1.165, 1.54) is 24.4 Å². The summed E-state index contributed by atoms with van der Waals surface area (Å²) >= 11 is 0. The van der Waals surface area contributed by atoms with E-state index >= 15 is 0 Å². The van der Waals surface area contributed by atoms with Gasteiger partial charge in [0.05, 0.1) is 0 Å². The molecular weight excluding hydrogens is 352 g/mol. The van der Waals surface area contributed by atoms with Crippen molar-refractivity contribution in [1.29, 1.82) is 0 Å². The van der Waals surface area contributed by atoms with Gasteiger partial charge in [0.15, 0.2) is 11.6 Å². The van der Waals surface area contributed by atoms with Crippen molar-refractivity contribution >= 4 is 23.2 Å². The molecule has 2 amide bonds. The Morgan fingerprint density at radius 2 is 1.59 bits per heavy atom. The lowest BCUT2D eigenvalue weighted by molar-refractivity contribution is 0.102. The molecule has 7 heteroatoms. The molecule has 2 N–H and O–H groups in total. The van der Waals surface area contributed by atoms with E-state index in [1.54, 1.807) is 6.07 Å². The number of benzene rings is 2. The van der Waals surface area contributed by atoms with Crippen LogP contribution in [0.4, 0.5) is 20.2 Å². The largest absolute Gasteiger partial charge is 0.322 e. The third-order valence-electron chi connectivity index (χ3n) is 3.71. The van der Waals surface area contributed by atoms with Crippen LogP contribution in [-0.2, 0) is 0 Å². The zero-order valence-corrected chi connectivity index (χ0v) is 14.3. The summed E-state index contributed by atoms with van der Waals surface area (Å²) in [5.74, 6) is -3.14. The van der Waals surface area contributed by atoms with E-state index in [-0.39, 0.29) is 16.9 Å². The van der Waals surface area contributed by atoms with E-state index in [9.17, 15) is 18.4 Å². The summed E-state index contributed by atoms with van der Waals surface area (Å²) in [5.41, 5.74) is 1.91. The normalized spacial score (nSPS) is 10.3. The number of nitrogens with zero attached hydrogens (tertiary/aromatic N) is 1. The molecule has 0 atom stereocenters. The highest BCUT2D eigenvalue weighted by Crippen LogP contribution is 2.15. The Labute approximate surface area is 154 Å². The van der Waals surface area contributed by atoms with Crippen LogP contribution in [0, 0.1) is 18.6 Å². The Bertz CT molecular complexity index is 1020. The minimum atomic E-state index is -1.08. The minimum Gasteiger partial charge on any atom is -0.322 e. The van der Waals surface area contributed by atoms with Gasteiger partial charge < -0.3 is 10.6 Å². The number of aromatic nitrogens is 1. The molecule has 0 saturated heterocycles. The van der Waals surface area contributed by atoms with Crippen molar-refractivity contribution in [2.45, 2.75) is 6.92 Å². The predicted molar refractivity (Wildman–Crippen MR) is 97.7 cm³/mol. The maximum absolute atomic E-state index is 13.2. The second kappa shape index (κ2) is 7.74. The fraction of sp³-hybridized carbons (Fsp3) is 0.0500. The van der Waals surface area contributed by atoms with Gasteiger partial charge in [0.25, 0.3) is 11.8 Å². The molecule has 27 heavy (non-hydrogen) atoms. The van der Waals surface area contributed by atoms with E-state index in [4.69, 9.17) is 0 Å². The number of amides is 2. The van der Waals surface area contributed by atoms with Crippen molar-refractivity contribution in [2.24, 2.45) is 0 Å². The maximum Gasteiger partial charge on any atom is 0.274 e. The number of rotatable bonds is 4. The van der Waals surface area contributed by atoms with Gasteiger partial charge in [-0.2, -0.15) is 0 Å². The summed E-state index contributed by atoms with van der Waals surface area (Å²) in [5, 5.41) is 5.15. The molecular formula is C20H15F2N3O2. The molecule has 2 aromatic carbocycles. The number of carbonyl (C=O) groups excluding carboxylic acids is 2. The monoisotopic (exact) mass is 367 g/mol. The van der Waals surface area contributed by atoms with Crippen molar-refractivity contribution in [3.05, 3.63) is 89.2 Å². The lowest BCUT2D eigenvalue weighted by Crippen LogP contribution is -2.17. The summed E-state index contributed by atoms with van der Waals surface area (Å²) < 4.78 is 26.2. The molecule has 3 aromatic rings. The van der Waals surface area contributed by atoms with Gasteiger partial charge in [-0.15, -0.1) is 0 Å². The molecule has 0 radical (unpaired) electrons. The first-order chi connectivity index (χ1) is 12.9. The van der Waals surface area contributed by atoms with Gasteiger partial charge >= 0.3 is 0 Å². The Morgan fingerprint density at radius 3 is 2.33 bits per heavy atom. The van der Waals surface area contributed by atoms with E-state index in [0.29, 0.717) is 5.69 Å². The first-order valence-corrected chi connectivity index (χ1v) is 8.03. The van der Waals surface area contributed by atoms with Gasteiger partial charge in [-0.1, -0.05) is 12.1 Å². The van der Waals surface area contributed by atoms with Crippen molar-refractivity contribution in [3.63, 3.8) is 0 Å². The van der Waals surface area contributed by atoms with Crippen LogP contribution >= 0.6 is 0 Å². The summed E-state index contributed by atoms with van der Waals surface area (Å²) in [6, 6.07) is 13.1. The zero-order valence-electron chi connectivity index (χ0n) is 14.3. The molecule has 0 saturated carbocycles. The van der Waals surface area contributed by atoms with Gasteiger partial charge in [-0.3, -0.25) is 14.6 Å². The summed E-state index contributed by atoms with van der Waals surface area (Å²) in [7, 11) is 0. The van der Waals surface area contributed by atoms with Crippen LogP contribution < -0.4 is 10.6 Å². The van der Waals surface area contributed by atoms with E-state index in [2.05, 4.69) is 15.6 Å². The van der Waals surface area contributed by atoms with E-state index in [0.717, 1.165) is 17.7 Å². The topological polar surface area (TPSA) is 71.1 Å². The first kappa shape index (κ1) is 18.2. The highest BCUT2D eigenvalue weighted by atomic mass is 19.2. The fourth-order valence-corrected chi connectivity index (χ4v) is 2.39. The van der Waals surface area contributed by atoms with Crippen LogP contribution in [0.3, 0.4) is 0 Å². The van der Waals surface area contributed by atoms with Crippen LogP contribution in [0.2, 0.25) is 0 Å². The molecule has 0 unspecified atom stereocenters. The van der Waals surface area contributed by atoms with Crippen molar-refractivity contribution in [3.8, 4) is 0 Å². The highest BCUT2D eigenvalue weighted by molar-refractivity contribution is 6.07. The van der Waals surface area contributed by atoms with E-state index < -0.39 is 23.4 Å². The van der Waals surface area contributed by atoms with Crippen molar-refractivity contribution < 1.29 is 18.4 Å². The second-order valence-corrected chi connectivity index (χ2v) is 5.84. The van der Waals surface area contributed by atoms with Gasteiger partial charge in [0, 0.05) is 29.2 Å². The molecule has 0 aliphatic carbocycles. The summed E-state index contributed by atoms with van der Waals surface area (Å²) in [4.78, 5) is 28.6. The van der Waals surface area contributed by atoms with Gasteiger partial charge in [0.1, 0.15) is 5.69 Å². The molecule has 0 fully saturated rings. The second-order valence-electron chi connectivity index (χ2n) is 5.84. The number of hydrogen-bond acceptors (Lipinski definition) is 3. The molecule has 136 valence electrons. The van der Waals surface area contributed by atoms with Crippen molar-refractivity contribution in [1.82, 2.24) is 4.98 Å². The quantitative estimate of drug-likeness (QED) is 0.727. The smallest absolute Gasteiger partial charge is 0.274 e. The third kappa shape index (κ3) is 4.52. The van der Waals surface area contributed by atoms with Crippen LogP contribution in [0.25, 0.3) is 0 Å². The number of anilines is 2. The average molecular weight is 367 g/mol. The third-order valence-corrected chi connectivity index (χ3v) is 3.71. The zero-order chi connectivity index (χ0) is 19.4. The van der Waals surface area contributed by atoms with Crippen LogP contribution in [0.15, 0.2) is 60.8 Å². The van der Waals surface area contributed by atoms with Gasteiger partial charge in [-0.25, -0.2) is 8.78 Å². The number of hydrogen-bond donors (Lipinski definition) is 2. The average Bonchev–Trinajstić information content (AvgIpc) is 2.65. The highest BCUT2D eigenvalue weighted by Gasteiger charge is 2.13. The lowest BCUT2D eigenvalue weighted by atomic mass is 10.2. The van der Waals surface area contributed by atoms with Crippen LogP contribution in [-0.4, -0.2) is 16.8 Å². The lowest BCUT2D eigenvalue weighted by Gasteiger charge is -2.08. The van der Waals surface area contributed by atoms with Crippen molar-refractivity contribution in [2.75, 3.05) is 10.6 Å². The van der Waals surface area contributed by atoms with Gasteiger partial charge in [-0.05, 0) is 48.9 Å². The van der Waals surface area contributed by atoms with Crippen LogP contribution in [0.5, 0.6) is 0 Å². The number of nitrogens with one attached hydrogen (secondary N) is 2. The summed E-state index contributed by atoms with van der Waals surface area (Å²) in [6.07, 6.45) is 1.32. The molecule has 5 nitrogen and oxygen atoms in total. The molecule has 1 aromatic heterocycles. The molecule has 3 rings (SSSR count). The maximum atomic E-state index is 13.2. The fourth-order valence-electron chi connectivity index (χ4n) is 2.39. The number of aryl methyl sites for hydroxylation is 1. The number of pyridine rings is 1. The number of halogens is 2. The molecule has 0 spiro atoms. The molecule has 1 heterocycles. The SMILES string of the molecule is Cc1cccc(NC(=O)c2ccnc(C(=O)Nc3ccc(F)c(F)c3)c2)c1. The molecule has 0 aliphatic heterocycles. The Morgan fingerprint density at radius 1 is 0.852 bits per heavy atom. The number of carbonyl (C=O) groups is 2. The Balaban J connectivity index is 1.75. The van der Waals surface area contributed by atoms with E-state index in [1.807, 2.05) is 25.1 Å². The summed E-state index contributed by atoms with van der Waals surface area (Å²) in [6.45, 7) is 1.91. The van der Waals surface area contributed by atoms with Crippen LogP contribution in [0.1, 0.15) is 26.4 Å². The standard InChI is InChI=1S/C20H15F2N3O2/c1-12-3-2-4-14(9-12)24-19(26)13-7-8-23-18(10-13)20(27)25-15-5-6-16(21)17(22)11-15/h2-11H,1H3,(H,24,26)(H,25,27). The minimum absolute atomic E-state index is 0.0309. The predicted octanol–water partition coefficient (Wildman–Crippen LogP) is 4.17. The Hall–Kier alpha value is -3.61. The molecule has 0 aliphatic rings.